The molecule has 0 aliphatic carbocycles. The fourth-order valence-corrected chi connectivity index (χ4v) is 1.11. The third-order valence-electron chi connectivity index (χ3n) is 1.77. The van der Waals surface area contributed by atoms with Crippen LogP contribution in [-0.2, 0) is 4.79 Å². The van der Waals surface area contributed by atoms with Gasteiger partial charge in [-0.15, -0.1) is 0 Å². The molecule has 0 unspecified atom stereocenters. The Labute approximate surface area is 69.1 Å². The van der Waals surface area contributed by atoms with Crippen molar-refractivity contribution in [1.82, 2.24) is 10.6 Å². The number of amides is 2. The molecular weight excluding hydrogens is 162 g/mol. The Morgan fingerprint density at radius 1 is 1.75 bits per heavy atom. The van der Waals surface area contributed by atoms with Crippen LogP contribution < -0.4 is 16.4 Å². The Morgan fingerprint density at radius 3 is 3.00 bits per heavy atom. The van der Waals surface area contributed by atoms with Crippen molar-refractivity contribution in [2.75, 3.05) is 6.54 Å². The number of hydrogen-bond acceptors (Lipinski definition) is 3. The van der Waals surface area contributed by atoms with Gasteiger partial charge < -0.3 is 21.5 Å². The van der Waals surface area contributed by atoms with Gasteiger partial charge in [0.25, 0.3) is 0 Å². The predicted octanol–water partition coefficient (Wildman–Crippen LogP) is -1.53. The molecular formula is C6H11N3O3. The van der Waals surface area contributed by atoms with Crippen LogP contribution in [-0.4, -0.2) is 35.7 Å². The standard InChI is InChI=1S/C6H11N3O3/c7-3-2-8-5(10)1-4(3)9-6(11)12/h3-4,9H,1-2,7H2,(H,8,10)(H,11,12)/t3-,4-/m0/s1. The normalized spacial score (nSPS) is 29.2. The summed E-state index contributed by atoms with van der Waals surface area (Å²) < 4.78 is 0. The molecule has 1 rings (SSSR count). The zero-order valence-corrected chi connectivity index (χ0v) is 6.41. The highest BCUT2D eigenvalue weighted by Gasteiger charge is 2.27. The Balaban J connectivity index is 2.49. The second kappa shape index (κ2) is 3.40. The van der Waals surface area contributed by atoms with E-state index in [1.54, 1.807) is 0 Å². The van der Waals surface area contributed by atoms with Gasteiger partial charge in [-0.05, 0) is 0 Å². The fraction of sp³-hybridized carbons (Fsp3) is 0.667. The smallest absolute Gasteiger partial charge is 0.404 e. The van der Waals surface area contributed by atoms with E-state index in [-0.39, 0.29) is 18.4 Å². The molecule has 0 aromatic heterocycles. The third kappa shape index (κ3) is 2.09. The minimum Gasteiger partial charge on any atom is -0.465 e. The summed E-state index contributed by atoms with van der Waals surface area (Å²) in [6, 6.07) is -0.796. The first kappa shape index (κ1) is 8.79. The van der Waals surface area contributed by atoms with Gasteiger partial charge in [0, 0.05) is 19.0 Å². The van der Waals surface area contributed by atoms with Gasteiger partial charge in [0.1, 0.15) is 0 Å². The number of carboxylic acid groups (broad SMARTS) is 1. The minimum atomic E-state index is -1.15. The van der Waals surface area contributed by atoms with Crippen LogP contribution in [0.3, 0.4) is 0 Å². The molecule has 5 N–H and O–H groups in total. The van der Waals surface area contributed by atoms with Crippen molar-refractivity contribution >= 4 is 12.0 Å². The first-order chi connectivity index (χ1) is 5.59. The van der Waals surface area contributed by atoms with Gasteiger partial charge in [0.05, 0.1) is 6.04 Å². The highest BCUT2D eigenvalue weighted by atomic mass is 16.4. The zero-order chi connectivity index (χ0) is 9.14. The Kier molecular flexibility index (Phi) is 2.49. The van der Waals surface area contributed by atoms with Crippen molar-refractivity contribution < 1.29 is 14.7 Å². The molecule has 12 heavy (non-hydrogen) atoms. The van der Waals surface area contributed by atoms with Gasteiger partial charge in [0.2, 0.25) is 5.91 Å². The maximum Gasteiger partial charge on any atom is 0.404 e. The van der Waals surface area contributed by atoms with Crippen LogP contribution in [0.4, 0.5) is 4.79 Å². The average molecular weight is 173 g/mol. The largest absolute Gasteiger partial charge is 0.465 e. The third-order valence-corrected chi connectivity index (χ3v) is 1.77. The number of carbonyl (C=O) groups excluding carboxylic acids is 1. The zero-order valence-electron chi connectivity index (χ0n) is 6.41. The van der Waals surface area contributed by atoms with Gasteiger partial charge in [-0.2, -0.15) is 0 Å². The Hall–Kier alpha value is -1.30. The lowest BCUT2D eigenvalue weighted by Crippen LogP contribution is -2.58. The molecule has 0 saturated carbocycles. The maximum absolute atomic E-state index is 10.8. The molecule has 6 heteroatoms. The topological polar surface area (TPSA) is 104 Å². The second-order valence-electron chi connectivity index (χ2n) is 2.73. The van der Waals surface area contributed by atoms with Gasteiger partial charge in [-0.3, -0.25) is 4.79 Å². The van der Waals surface area contributed by atoms with E-state index in [9.17, 15) is 9.59 Å². The van der Waals surface area contributed by atoms with E-state index >= 15 is 0 Å². The number of carbonyl (C=O) groups is 2. The number of piperidine rings is 1. The van der Waals surface area contributed by atoms with E-state index < -0.39 is 12.1 Å². The first-order valence-electron chi connectivity index (χ1n) is 3.61. The molecule has 1 aliphatic heterocycles. The first-order valence-corrected chi connectivity index (χ1v) is 3.61. The summed E-state index contributed by atoms with van der Waals surface area (Å²) in [6.07, 6.45) is -1.03. The van der Waals surface area contributed by atoms with Crippen LogP contribution in [0.1, 0.15) is 6.42 Å². The van der Waals surface area contributed by atoms with Crippen LogP contribution >= 0.6 is 0 Å². The van der Waals surface area contributed by atoms with Crippen LogP contribution in [0.25, 0.3) is 0 Å². The highest BCUT2D eigenvalue weighted by Crippen LogP contribution is 2.01. The van der Waals surface area contributed by atoms with Gasteiger partial charge >= 0.3 is 6.09 Å². The molecule has 1 aliphatic rings. The SMILES string of the molecule is N[C@H]1CNC(=O)C[C@@H]1NC(=O)O. The van der Waals surface area contributed by atoms with E-state index in [2.05, 4.69) is 10.6 Å². The predicted molar refractivity (Wildman–Crippen MR) is 40.6 cm³/mol. The number of rotatable bonds is 1. The molecule has 0 aromatic rings. The second-order valence-corrected chi connectivity index (χ2v) is 2.73. The van der Waals surface area contributed by atoms with E-state index in [1.807, 2.05) is 0 Å². The van der Waals surface area contributed by atoms with E-state index in [1.165, 1.54) is 0 Å². The number of nitrogens with one attached hydrogen (secondary N) is 2. The molecule has 0 aromatic carbocycles. The number of nitrogens with two attached hydrogens (primary N) is 1. The van der Waals surface area contributed by atoms with Crippen LogP contribution in [0, 0.1) is 0 Å². The van der Waals surface area contributed by atoms with Crippen molar-refractivity contribution in [3.05, 3.63) is 0 Å². The van der Waals surface area contributed by atoms with Gasteiger partial charge in [0.15, 0.2) is 0 Å². The monoisotopic (exact) mass is 173 g/mol. The summed E-state index contributed by atoms with van der Waals surface area (Å²) in [5, 5.41) is 13.1. The summed E-state index contributed by atoms with van der Waals surface area (Å²) in [7, 11) is 0. The molecule has 1 saturated heterocycles. The van der Waals surface area contributed by atoms with E-state index in [0.29, 0.717) is 6.54 Å². The molecule has 6 nitrogen and oxygen atoms in total. The summed E-state index contributed by atoms with van der Waals surface area (Å²) in [5.41, 5.74) is 5.55. The van der Waals surface area contributed by atoms with Crippen LogP contribution in [0.5, 0.6) is 0 Å². The molecule has 68 valence electrons. The van der Waals surface area contributed by atoms with Crippen LogP contribution in [0.15, 0.2) is 0 Å². The molecule has 2 atom stereocenters. The van der Waals surface area contributed by atoms with Crippen molar-refractivity contribution in [2.45, 2.75) is 18.5 Å². The van der Waals surface area contributed by atoms with E-state index in [0.717, 1.165) is 0 Å². The lowest BCUT2D eigenvalue weighted by atomic mass is 10.0. The maximum atomic E-state index is 10.8. The van der Waals surface area contributed by atoms with E-state index in [4.69, 9.17) is 10.8 Å². The van der Waals surface area contributed by atoms with Crippen molar-refractivity contribution in [3.8, 4) is 0 Å². The molecule has 2 amide bonds. The molecule has 0 radical (unpaired) electrons. The summed E-state index contributed by atoms with van der Waals surface area (Å²) >= 11 is 0. The van der Waals surface area contributed by atoms with Crippen molar-refractivity contribution in [1.29, 1.82) is 0 Å². The molecule has 1 heterocycles. The molecule has 1 fully saturated rings. The minimum absolute atomic E-state index is 0.119. The van der Waals surface area contributed by atoms with Crippen LogP contribution in [0.2, 0.25) is 0 Å². The molecule has 0 bridgehead atoms. The Morgan fingerprint density at radius 2 is 2.42 bits per heavy atom. The molecule has 0 spiro atoms. The summed E-state index contributed by atoms with van der Waals surface area (Å²) in [6.45, 7) is 0.323. The quantitative estimate of drug-likeness (QED) is 0.386. The number of hydrogen-bond donors (Lipinski definition) is 4. The van der Waals surface area contributed by atoms with Gasteiger partial charge in [-0.25, -0.2) is 4.79 Å². The van der Waals surface area contributed by atoms with Crippen molar-refractivity contribution in [2.24, 2.45) is 5.73 Å². The van der Waals surface area contributed by atoms with Crippen molar-refractivity contribution in [3.63, 3.8) is 0 Å². The average Bonchev–Trinajstić information content (AvgIpc) is 1.96. The highest BCUT2D eigenvalue weighted by molar-refractivity contribution is 5.78. The summed E-state index contributed by atoms with van der Waals surface area (Å²) in [5.74, 6) is -0.171. The lowest BCUT2D eigenvalue weighted by Gasteiger charge is -2.28. The Bertz CT molecular complexity index is 204. The van der Waals surface area contributed by atoms with Gasteiger partial charge in [-0.1, -0.05) is 0 Å². The fourth-order valence-electron chi connectivity index (χ4n) is 1.11. The summed E-state index contributed by atoms with van der Waals surface area (Å²) in [4.78, 5) is 21.0. The lowest BCUT2D eigenvalue weighted by molar-refractivity contribution is -0.123.